The first-order valence-electron chi connectivity index (χ1n) is 6.65. The lowest BCUT2D eigenvalue weighted by atomic mass is 10.1. The van der Waals surface area contributed by atoms with Gasteiger partial charge in [0.2, 0.25) is 10.0 Å². The smallest absolute Gasteiger partial charge is 0.243 e. The third kappa shape index (κ3) is 3.22. The van der Waals surface area contributed by atoms with Gasteiger partial charge in [-0.05, 0) is 24.1 Å². The molecule has 19 heavy (non-hydrogen) atoms. The molecule has 0 amide bonds. The molecule has 0 bridgehead atoms. The second-order valence-corrected chi connectivity index (χ2v) is 6.77. The molecule has 4 nitrogen and oxygen atoms in total. The normalized spacial score (nSPS) is 17.6. The summed E-state index contributed by atoms with van der Waals surface area (Å²) in [7, 11) is -3.44. The number of benzene rings is 1. The summed E-state index contributed by atoms with van der Waals surface area (Å²) in [4.78, 5) is 11.5. The van der Waals surface area contributed by atoms with Crippen molar-refractivity contribution >= 4 is 15.8 Å². The number of nitrogens with zero attached hydrogens (tertiary/aromatic N) is 1. The van der Waals surface area contributed by atoms with Crippen molar-refractivity contribution < 1.29 is 13.2 Å². The van der Waals surface area contributed by atoms with Crippen molar-refractivity contribution in [1.29, 1.82) is 0 Å². The molecule has 104 valence electrons. The van der Waals surface area contributed by atoms with Crippen molar-refractivity contribution in [1.82, 2.24) is 4.31 Å². The fraction of sp³-hybridized carbons (Fsp3) is 0.500. The zero-order valence-corrected chi connectivity index (χ0v) is 11.9. The van der Waals surface area contributed by atoms with Crippen LogP contribution in [0, 0.1) is 0 Å². The van der Waals surface area contributed by atoms with Gasteiger partial charge in [0.1, 0.15) is 5.78 Å². The Kier molecular flexibility index (Phi) is 4.37. The molecule has 1 aliphatic heterocycles. The van der Waals surface area contributed by atoms with E-state index in [1.807, 2.05) is 12.1 Å². The molecule has 1 fully saturated rings. The number of rotatable bonds is 4. The highest BCUT2D eigenvalue weighted by Gasteiger charge is 2.28. The third-order valence-corrected chi connectivity index (χ3v) is 5.29. The van der Waals surface area contributed by atoms with Crippen LogP contribution in [-0.2, 0) is 21.2 Å². The Morgan fingerprint density at radius 1 is 1.11 bits per heavy atom. The summed E-state index contributed by atoms with van der Waals surface area (Å²) in [6.45, 7) is 2.70. The van der Waals surface area contributed by atoms with Crippen LogP contribution in [0.25, 0.3) is 0 Å². The Hall–Kier alpha value is -1.20. The van der Waals surface area contributed by atoms with Gasteiger partial charge in [-0.3, -0.25) is 4.79 Å². The van der Waals surface area contributed by atoms with E-state index >= 15 is 0 Å². The lowest BCUT2D eigenvalue weighted by Crippen LogP contribution is -2.38. The molecular formula is C14H19NO3S. The summed E-state index contributed by atoms with van der Waals surface area (Å²) in [5.41, 5.74) is 1.15. The van der Waals surface area contributed by atoms with Gasteiger partial charge in [-0.15, -0.1) is 0 Å². The number of Topliss-reactive ketones (excluding diaryl/α,β-unsaturated/α-hetero) is 1. The molecule has 1 aromatic carbocycles. The van der Waals surface area contributed by atoms with Gasteiger partial charge in [0, 0.05) is 25.9 Å². The predicted octanol–water partition coefficient (Wildman–Crippen LogP) is 1.99. The van der Waals surface area contributed by atoms with Crippen LogP contribution in [0.15, 0.2) is 29.2 Å². The van der Waals surface area contributed by atoms with Crippen molar-refractivity contribution in [2.24, 2.45) is 0 Å². The van der Waals surface area contributed by atoms with Gasteiger partial charge >= 0.3 is 0 Å². The second kappa shape index (κ2) is 5.84. The number of hydrogen-bond donors (Lipinski definition) is 0. The Bertz CT molecular complexity index is 539. The average molecular weight is 281 g/mol. The number of carbonyl (C=O) groups is 1. The number of sulfonamides is 1. The first-order valence-corrected chi connectivity index (χ1v) is 8.09. The highest BCUT2D eigenvalue weighted by molar-refractivity contribution is 7.89. The van der Waals surface area contributed by atoms with Crippen molar-refractivity contribution in [3.8, 4) is 0 Å². The summed E-state index contributed by atoms with van der Waals surface area (Å²) in [6.07, 6.45) is 2.65. The minimum atomic E-state index is -3.44. The van der Waals surface area contributed by atoms with Gasteiger partial charge in [0.05, 0.1) is 4.90 Å². The van der Waals surface area contributed by atoms with E-state index in [1.54, 1.807) is 12.1 Å². The van der Waals surface area contributed by atoms with Crippen LogP contribution in [0.3, 0.4) is 0 Å². The highest BCUT2D eigenvalue weighted by Crippen LogP contribution is 2.20. The van der Waals surface area contributed by atoms with Gasteiger partial charge in [-0.1, -0.05) is 25.5 Å². The molecule has 1 aromatic rings. The zero-order chi connectivity index (χ0) is 13.9. The SMILES string of the molecule is CCCc1ccc(S(=O)(=O)N2CCC(=O)CC2)cc1. The van der Waals surface area contributed by atoms with Crippen LogP contribution in [0.4, 0.5) is 0 Å². The standard InChI is InChI=1S/C14H19NO3S/c1-2-3-12-4-6-14(7-5-12)19(17,18)15-10-8-13(16)9-11-15/h4-7H,2-3,8-11H2,1H3. The Labute approximate surface area is 114 Å². The van der Waals surface area contributed by atoms with E-state index in [-0.39, 0.29) is 5.78 Å². The summed E-state index contributed by atoms with van der Waals surface area (Å²) >= 11 is 0. The first-order chi connectivity index (χ1) is 9.04. The maximum absolute atomic E-state index is 12.4. The van der Waals surface area contributed by atoms with Gasteiger partial charge in [0.15, 0.2) is 0 Å². The second-order valence-electron chi connectivity index (χ2n) is 4.84. The van der Waals surface area contributed by atoms with E-state index in [0.717, 1.165) is 18.4 Å². The van der Waals surface area contributed by atoms with E-state index in [0.29, 0.717) is 30.8 Å². The maximum atomic E-state index is 12.4. The summed E-state index contributed by atoms with van der Waals surface area (Å²) < 4.78 is 26.2. The Morgan fingerprint density at radius 3 is 2.21 bits per heavy atom. The van der Waals surface area contributed by atoms with Crippen molar-refractivity contribution in [3.05, 3.63) is 29.8 Å². The molecule has 5 heteroatoms. The van der Waals surface area contributed by atoms with E-state index in [2.05, 4.69) is 6.92 Å². The molecule has 0 unspecified atom stereocenters. The quantitative estimate of drug-likeness (QED) is 0.848. The molecule has 0 aliphatic carbocycles. The fourth-order valence-corrected chi connectivity index (χ4v) is 3.68. The largest absolute Gasteiger partial charge is 0.300 e. The fourth-order valence-electron chi connectivity index (χ4n) is 2.24. The number of ketones is 1. The molecular weight excluding hydrogens is 262 g/mol. The monoisotopic (exact) mass is 281 g/mol. The number of piperidine rings is 1. The third-order valence-electron chi connectivity index (χ3n) is 3.38. The lowest BCUT2D eigenvalue weighted by molar-refractivity contribution is -0.120. The zero-order valence-electron chi connectivity index (χ0n) is 11.1. The predicted molar refractivity (Wildman–Crippen MR) is 73.4 cm³/mol. The highest BCUT2D eigenvalue weighted by atomic mass is 32.2. The van der Waals surface area contributed by atoms with Crippen LogP contribution < -0.4 is 0 Å². The van der Waals surface area contributed by atoms with Gasteiger partial charge in [-0.2, -0.15) is 4.31 Å². The molecule has 0 atom stereocenters. The van der Waals surface area contributed by atoms with Crippen molar-refractivity contribution in [2.75, 3.05) is 13.1 Å². The van der Waals surface area contributed by atoms with Crippen molar-refractivity contribution in [2.45, 2.75) is 37.5 Å². The van der Waals surface area contributed by atoms with E-state index in [4.69, 9.17) is 0 Å². The number of hydrogen-bond acceptors (Lipinski definition) is 3. The van der Waals surface area contributed by atoms with Crippen LogP contribution in [0.1, 0.15) is 31.7 Å². The van der Waals surface area contributed by atoms with Crippen LogP contribution in [0.5, 0.6) is 0 Å². The first kappa shape index (κ1) is 14.2. The lowest BCUT2D eigenvalue weighted by Gasteiger charge is -2.25. The topological polar surface area (TPSA) is 54.5 Å². The van der Waals surface area contributed by atoms with Gasteiger partial charge in [-0.25, -0.2) is 8.42 Å². The molecule has 2 rings (SSSR count). The molecule has 1 aliphatic rings. The molecule has 0 radical (unpaired) electrons. The Balaban J connectivity index is 2.17. The summed E-state index contributed by atoms with van der Waals surface area (Å²) in [5.74, 6) is 0.143. The summed E-state index contributed by atoms with van der Waals surface area (Å²) in [6, 6.07) is 7.06. The van der Waals surface area contributed by atoms with Gasteiger partial charge in [0.25, 0.3) is 0 Å². The van der Waals surface area contributed by atoms with Crippen LogP contribution in [-0.4, -0.2) is 31.6 Å². The minimum Gasteiger partial charge on any atom is -0.300 e. The average Bonchev–Trinajstić information content (AvgIpc) is 2.40. The van der Waals surface area contributed by atoms with E-state index < -0.39 is 10.0 Å². The molecule has 0 saturated carbocycles. The van der Waals surface area contributed by atoms with E-state index in [9.17, 15) is 13.2 Å². The number of aryl methyl sites for hydroxylation is 1. The van der Waals surface area contributed by atoms with Gasteiger partial charge < -0.3 is 0 Å². The molecule has 1 saturated heterocycles. The maximum Gasteiger partial charge on any atom is 0.243 e. The molecule has 0 aromatic heterocycles. The van der Waals surface area contributed by atoms with Crippen molar-refractivity contribution in [3.63, 3.8) is 0 Å². The molecule has 0 spiro atoms. The molecule has 0 N–H and O–H groups in total. The van der Waals surface area contributed by atoms with E-state index in [1.165, 1.54) is 4.31 Å². The summed E-state index contributed by atoms with van der Waals surface area (Å²) in [5, 5.41) is 0. The Morgan fingerprint density at radius 2 is 1.68 bits per heavy atom. The number of carbonyl (C=O) groups excluding carboxylic acids is 1. The van der Waals surface area contributed by atoms with Crippen LogP contribution >= 0.6 is 0 Å². The van der Waals surface area contributed by atoms with Crippen LogP contribution in [0.2, 0.25) is 0 Å². The minimum absolute atomic E-state index is 0.143. The molecule has 1 heterocycles.